The van der Waals surface area contributed by atoms with E-state index >= 15 is 0 Å². The third-order valence-electron chi connectivity index (χ3n) is 3.54. The number of carboxylic acids is 1. The molecular weight excluding hydrogens is 278 g/mol. The van der Waals surface area contributed by atoms with Crippen LogP contribution in [0, 0.1) is 11.8 Å². The lowest BCUT2D eigenvalue weighted by atomic mass is 9.99. The van der Waals surface area contributed by atoms with E-state index in [-0.39, 0.29) is 18.5 Å². The lowest BCUT2D eigenvalue weighted by Crippen LogP contribution is -2.33. The molecule has 7 heteroatoms. The average Bonchev–Trinajstić information content (AvgIpc) is 2.95. The van der Waals surface area contributed by atoms with Crippen LogP contribution < -0.4 is 5.32 Å². The molecule has 0 unspecified atom stereocenters. The molecular formula is C13H19N3O3S. The predicted molar refractivity (Wildman–Crippen MR) is 77.1 cm³/mol. The highest BCUT2D eigenvalue weighted by atomic mass is 32.1. The molecule has 0 saturated carbocycles. The van der Waals surface area contributed by atoms with Crippen molar-refractivity contribution in [2.75, 3.05) is 18.4 Å². The van der Waals surface area contributed by atoms with Gasteiger partial charge in [0.1, 0.15) is 0 Å². The summed E-state index contributed by atoms with van der Waals surface area (Å²) in [6, 6.07) is -0.273. The normalized spacial score (nSPS) is 22.3. The van der Waals surface area contributed by atoms with Gasteiger partial charge in [-0.3, -0.25) is 10.1 Å². The fraction of sp³-hybridized carbons (Fsp3) is 0.615. The third kappa shape index (κ3) is 3.09. The molecule has 110 valence electrons. The van der Waals surface area contributed by atoms with E-state index in [1.54, 1.807) is 4.90 Å². The minimum absolute atomic E-state index is 0.0271. The molecule has 1 fully saturated rings. The van der Waals surface area contributed by atoms with Crippen molar-refractivity contribution in [3.8, 4) is 0 Å². The van der Waals surface area contributed by atoms with E-state index in [1.165, 1.54) is 11.3 Å². The van der Waals surface area contributed by atoms with Gasteiger partial charge in [-0.15, -0.1) is 11.3 Å². The van der Waals surface area contributed by atoms with Gasteiger partial charge in [-0.05, 0) is 11.8 Å². The van der Waals surface area contributed by atoms with Crippen LogP contribution in [0.15, 0.2) is 5.38 Å². The summed E-state index contributed by atoms with van der Waals surface area (Å²) in [5.74, 6) is -1.03. The number of carbonyl (C=O) groups excluding carboxylic acids is 1. The highest BCUT2D eigenvalue weighted by Crippen LogP contribution is 2.25. The van der Waals surface area contributed by atoms with Crippen molar-refractivity contribution >= 4 is 28.5 Å². The molecule has 1 aromatic rings. The number of rotatable bonds is 3. The third-order valence-corrected chi connectivity index (χ3v) is 4.32. The number of nitrogens with zero attached hydrogens (tertiary/aromatic N) is 2. The maximum atomic E-state index is 12.1. The smallest absolute Gasteiger partial charge is 0.323 e. The summed E-state index contributed by atoms with van der Waals surface area (Å²) in [4.78, 5) is 29.0. The number of nitrogens with one attached hydrogen (secondary N) is 1. The monoisotopic (exact) mass is 297 g/mol. The second-order valence-electron chi connectivity index (χ2n) is 5.49. The Morgan fingerprint density at radius 3 is 2.70 bits per heavy atom. The number of anilines is 1. The average molecular weight is 297 g/mol. The maximum Gasteiger partial charge on any atom is 0.323 e. The molecule has 20 heavy (non-hydrogen) atoms. The Kier molecular flexibility index (Phi) is 4.27. The molecule has 2 rings (SSSR count). The van der Waals surface area contributed by atoms with Gasteiger partial charge in [0.05, 0.1) is 11.6 Å². The molecule has 1 aliphatic heterocycles. The minimum atomic E-state index is -0.843. The van der Waals surface area contributed by atoms with Crippen LogP contribution >= 0.6 is 11.3 Å². The van der Waals surface area contributed by atoms with Crippen molar-refractivity contribution < 1.29 is 14.7 Å². The number of carboxylic acid groups (broad SMARTS) is 1. The van der Waals surface area contributed by atoms with Crippen LogP contribution in [0.5, 0.6) is 0 Å². The van der Waals surface area contributed by atoms with Gasteiger partial charge in [0.15, 0.2) is 5.13 Å². The minimum Gasteiger partial charge on any atom is -0.481 e. The van der Waals surface area contributed by atoms with Gasteiger partial charge in [0.25, 0.3) is 0 Å². The number of amides is 2. The number of thiazole rings is 1. The molecule has 2 amide bonds. The fourth-order valence-corrected chi connectivity index (χ4v) is 3.09. The van der Waals surface area contributed by atoms with E-state index in [4.69, 9.17) is 5.11 Å². The molecule has 0 aliphatic carbocycles. The van der Waals surface area contributed by atoms with Crippen molar-refractivity contribution in [1.29, 1.82) is 0 Å². The zero-order valence-corrected chi connectivity index (χ0v) is 12.6. The lowest BCUT2D eigenvalue weighted by Gasteiger charge is -2.15. The van der Waals surface area contributed by atoms with E-state index in [0.29, 0.717) is 17.6 Å². The van der Waals surface area contributed by atoms with Crippen LogP contribution in [0.25, 0.3) is 0 Å². The molecule has 2 heterocycles. The van der Waals surface area contributed by atoms with E-state index in [0.717, 1.165) is 5.69 Å². The quantitative estimate of drug-likeness (QED) is 0.897. The van der Waals surface area contributed by atoms with Gasteiger partial charge in [-0.1, -0.05) is 20.8 Å². The Hall–Kier alpha value is -1.63. The number of aliphatic carboxylic acids is 1. The number of aromatic nitrogens is 1. The molecule has 1 aromatic heterocycles. The van der Waals surface area contributed by atoms with Gasteiger partial charge in [0.2, 0.25) is 0 Å². The van der Waals surface area contributed by atoms with Gasteiger partial charge < -0.3 is 10.0 Å². The highest BCUT2D eigenvalue weighted by Gasteiger charge is 2.37. The molecule has 0 aromatic carbocycles. The lowest BCUT2D eigenvalue weighted by molar-refractivity contribution is -0.142. The van der Waals surface area contributed by atoms with Crippen molar-refractivity contribution in [3.05, 3.63) is 11.1 Å². The van der Waals surface area contributed by atoms with Gasteiger partial charge in [0, 0.05) is 18.5 Å². The Morgan fingerprint density at radius 2 is 2.20 bits per heavy atom. The van der Waals surface area contributed by atoms with E-state index in [2.05, 4.69) is 10.3 Å². The predicted octanol–water partition coefficient (Wildman–Crippen LogP) is 2.45. The highest BCUT2D eigenvalue weighted by molar-refractivity contribution is 7.13. The second kappa shape index (κ2) is 5.78. The molecule has 1 aliphatic rings. The Labute approximate surface area is 121 Å². The SMILES string of the molecule is CC(C)c1csc(NC(=O)N2C[C@@H](C)[C@H](C(=O)O)C2)n1. The zero-order chi connectivity index (χ0) is 14.9. The molecule has 6 nitrogen and oxygen atoms in total. The van der Waals surface area contributed by atoms with Gasteiger partial charge in [-0.25, -0.2) is 9.78 Å². The van der Waals surface area contributed by atoms with Crippen molar-refractivity contribution in [3.63, 3.8) is 0 Å². The number of likely N-dealkylation sites (tertiary alicyclic amines) is 1. The zero-order valence-electron chi connectivity index (χ0n) is 11.8. The van der Waals surface area contributed by atoms with Crippen molar-refractivity contribution in [2.24, 2.45) is 11.8 Å². The summed E-state index contributed by atoms with van der Waals surface area (Å²) < 4.78 is 0. The second-order valence-corrected chi connectivity index (χ2v) is 6.35. The van der Waals surface area contributed by atoms with Crippen molar-refractivity contribution in [2.45, 2.75) is 26.7 Å². The van der Waals surface area contributed by atoms with Crippen LogP contribution in [0.3, 0.4) is 0 Å². The van der Waals surface area contributed by atoms with Crippen molar-refractivity contribution in [1.82, 2.24) is 9.88 Å². The van der Waals surface area contributed by atoms with E-state index < -0.39 is 11.9 Å². The Bertz CT molecular complexity index is 515. The summed E-state index contributed by atoms with van der Waals surface area (Å²) in [5.41, 5.74) is 0.948. The van der Waals surface area contributed by atoms with Crippen LogP contribution in [-0.4, -0.2) is 40.1 Å². The van der Waals surface area contributed by atoms with Gasteiger partial charge >= 0.3 is 12.0 Å². The van der Waals surface area contributed by atoms with E-state index in [9.17, 15) is 9.59 Å². The van der Waals surface area contributed by atoms with Crippen LogP contribution in [0.2, 0.25) is 0 Å². The standard InChI is InChI=1S/C13H19N3O3S/c1-7(2)10-6-20-12(14-10)15-13(19)16-4-8(3)9(5-16)11(17)18/h6-9H,4-5H2,1-3H3,(H,17,18)(H,14,15,19)/t8-,9-/m1/s1. The van der Waals surface area contributed by atoms with Crippen LogP contribution in [0.1, 0.15) is 32.4 Å². The summed E-state index contributed by atoms with van der Waals surface area (Å²) in [5, 5.41) is 14.3. The number of hydrogen-bond donors (Lipinski definition) is 2. The molecule has 2 atom stereocenters. The maximum absolute atomic E-state index is 12.1. The Morgan fingerprint density at radius 1 is 1.50 bits per heavy atom. The number of carbonyl (C=O) groups is 2. The molecule has 0 bridgehead atoms. The Balaban J connectivity index is 1.97. The van der Waals surface area contributed by atoms with Gasteiger partial charge in [-0.2, -0.15) is 0 Å². The summed E-state index contributed by atoms with van der Waals surface area (Å²) in [7, 11) is 0. The largest absolute Gasteiger partial charge is 0.481 e. The number of urea groups is 1. The molecule has 0 radical (unpaired) electrons. The first-order valence-corrected chi connectivity index (χ1v) is 7.50. The first kappa shape index (κ1) is 14.8. The topological polar surface area (TPSA) is 82.5 Å². The first-order chi connectivity index (χ1) is 9.38. The van der Waals surface area contributed by atoms with Crippen LogP contribution in [0.4, 0.5) is 9.93 Å². The summed E-state index contributed by atoms with van der Waals surface area (Å²) in [6.07, 6.45) is 0. The summed E-state index contributed by atoms with van der Waals surface area (Å²) >= 11 is 1.39. The van der Waals surface area contributed by atoms with Crippen LogP contribution in [-0.2, 0) is 4.79 Å². The first-order valence-electron chi connectivity index (χ1n) is 6.62. The summed E-state index contributed by atoms with van der Waals surface area (Å²) in [6.45, 7) is 6.66. The molecule has 2 N–H and O–H groups in total. The molecule has 0 spiro atoms. The fourth-order valence-electron chi connectivity index (χ4n) is 2.23. The van der Waals surface area contributed by atoms with E-state index in [1.807, 2.05) is 26.2 Å². The molecule has 1 saturated heterocycles. The number of hydrogen-bond acceptors (Lipinski definition) is 4.